The Hall–Kier alpha value is -2.08. The summed E-state index contributed by atoms with van der Waals surface area (Å²) in [5.41, 5.74) is 1.67. The van der Waals surface area contributed by atoms with E-state index in [1.165, 1.54) is 0 Å². The van der Waals surface area contributed by atoms with Gasteiger partial charge in [0.05, 0.1) is 19.3 Å². The minimum absolute atomic E-state index is 0.0941. The molecule has 0 saturated carbocycles. The molecule has 1 heterocycles. The lowest BCUT2D eigenvalue weighted by molar-refractivity contribution is -0.148. The van der Waals surface area contributed by atoms with E-state index in [-0.39, 0.29) is 13.2 Å². The summed E-state index contributed by atoms with van der Waals surface area (Å²) in [7, 11) is 0. The molecule has 1 aliphatic rings. The second kappa shape index (κ2) is 5.73. The minimum Gasteiger partial charge on any atom is -0.481 e. The van der Waals surface area contributed by atoms with Crippen molar-refractivity contribution in [1.29, 1.82) is 0 Å². The average Bonchev–Trinajstić information content (AvgIpc) is 2.76. The molecule has 0 aliphatic carbocycles. The van der Waals surface area contributed by atoms with Gasteiger partial charge in [0.25, 0.3) is 0 Å². The largest absolute Gasteiger partial charge is 0.481 e. The number of nitrogens with one attached hydrogen (secondary N) is 2. The van der Waals surface area contributed by atoms with Crippen molar-refractivity contribution in [3.05, 3.63) is 29.3 Å². The standard InChI is InChI=1S/C15H20N2O4/c1-9-4-5-11(10(2)6-9)16-14(20)17-12-7-21-8-15(12,3)13(18)19/h4-6,12H,7-8H2,1-3H3,(H,18,19)(H2,16,17,20). The maximum atomic E-state index is 12.0. The smallest absolute Gasteiger partial charge is 0.319 e. The summed E-state index contributed by atoms with van der Waals surface area (Å²) in [4.78, 5) is 23.4. The Morgan fingerprint density at radius 2 is 2.10 bits per heavy atom. The van der Waals surface area contributed by atoms with Crippen molar-refractivity contribution in [2.75, 3.05) is 18.5 Å². The van der Waals surface area contributed by atoms with Gasteiger partial charge in [0, 0.05) is 5.69 Å². The summed E-state index contributed by atoms with van der Waals surface area (Å²) in [6, 6.07) is 4.72. The number of urea groups is 1. The third-order valence-electron chi connectivity index (χ3n) is 3.88. The van der Waals surface area contributed by atoms with Crippen molar-refractivity contribution in [2.24, 2.45) is 5.41 Å². The molecule has 0 spiro atoms. The Kier molecular flexibility index (Phi) is 4.18. The molecule has 2 unspecified atom stereocenters. The third-order valence-corrected chi connectivity index (χ3v) is 3.88. The van der Waals surface area contributed by atoms with Crippen LogP contribution in [0.25, 0.3) is 0 Å². The molecule has 1 saturated heterocycles. The summed E-state index contributed by atoms with van der Waals surface area (Å²) < 4.78 is 5.20. The summed E-state index contributed by atoms with van der Waals surface area (Å²) in [5.74, 6) is -0.975. The minimum atomic E-state index is -1.10. The van der Waals surface area contributed by atoms with E-state index in [0.29, 0.717) is 5.69 Å². The number of rotatable bonds is 3. The highest BCUT2D eigenvalue weighted by Gasteiger charge is 2.47. The lowest BCUT2D eigenvalue weighted by atomic mass is 9.85. The van der Waals surface area contributed by atoms with Gasteiger partial charge in [-0.1, -0.05) is 17.7 Å². The number of ether oxygens (including phenoxy) is 1. The number of aliphatic carboxylic acids is 1. The molecular weight excluding hydrogens is 272 g/mol. The Balaban J connectivity index is 2.03. The molecule has 1 aromatic carbocycles. The predicted molar refractivity (Wildman–Crippen MR) is 78.4 cm³/mol. The SMILES string of the molecule is Cc1ccc(NC(=O)NC2COCC2(C)C(=O)O)c(C)c1. The zero-order valence-corrected chi connectivity index (χ0v) is 12.4. The highest BCUT2D eigenvalue weighted by molar-refractivity contribution is 5.91. The monoisotopic (exact) mass is 292 g/mol. The molecule has 6 heteroatoms. The zero-order chi connectivity index (χ0) is 15.6. The number of hydrogen-bond acceptors (Lipinski definition) is 3. The summed E-state index contributed by atoms with van der Waals surface area (Å²) in [5, 5.41) is 14.7. The van der Waals surface area contributed by atoms with Gasteiger partial charge in [0.1, 0.15) is 5.41 Å². The van der Waals surface area contributed by atoms with Gasteiger partial charge in [-0.25, -0.2) is 4.79 Å². The van der Waals surface area contributed by atoms with Crippen molar-refractivity contribution in [3.8, 4) is 0 Å². The summed E-state index contributed by atoms with van der Waals surface area (Å²) >= 11 is 0. The third kappa shape index (κ3) is 3.16. The normalized spacial score (nSPS) is 24.6. The van der Waals surface area contributed by atoms with E-state index in [0.717, 1.165) is 11.1 Å². The van der Waals surface area contributed by atoms with Gasteiger partial charge in [-0.15, -0.1) is 0 Å². The number of carboxylic acid groups (broad SMARTS) is 1. The topological polar surface area (TPSA) is 87.7 Å². The molecular formula is C15H20N2O4. The van der Waals surface area contributed by atoms with Crippen LogP contribution in [0.5, 0.6) is 0 Å². The van der Waals surface area contributed by atoms with Crippen molar-refractivity contribution in [1.82, 2.24) is 5.32 Å². The maximum Gasteiger partial charge on any atom is 0.319 e. The van der Waals surface area contributed by atoms with Crippen LogP contribution in [0.1, 0.15) is 18.1 Å². The molecule has 2 rings (SSSR count). The van der Waals surface area contributed by atoms with Crippen molar-refractivity contribution in [3.63, 3.8) is 0 Å². The molecule has 3 N–H and O–H groups in total. The van der Waals surface area contributed by atoms with Gasteiger partial charge in [-0.3, -0.25) is 4.79 Å². The number of carbonyl (C=O) groups is 2. The van der Waals surface area contributed by atoms with Gasteiger partial charge >= 0.3 is 12.0 Å². The Morgan fingerprint density at radius 1 is 1.38 bits per heavy atom. The molecule has 0 bridgehead atoms. The molecule has 2 atom stereocenters. The molecule has 1 aromatic rings. The van der Waals surface area contributed by atoms with Gasteiger partial charge in [-0.2, -0.15) is 0 Å². The molecule has 1 fully saturated rings. The second-order valence-corrected chi connectivity index (χ2v) is 5.71. The van der Waals surface area contributed by atoms with E-state index in [9.17, 15) is 14.7 Å². The Morgan fingerprint density at radius 3 is 2.71 bits per heavy atom. The van der Waals surface area contributed by atoms with Crippen LogP contribution >= 0.6 is 0 Å². The second-order valence-electron chi connectivity index (χ2n) is 5.71. The molecule has 0 radical (unpaired) electrons. The average molecular weight is 292 g/mol. The van der Waals surface area contributed by atoms with Crippen LogP contribution in [0.3, 0.4) is 0 Å². The van der Waals surface area contributed by atoms with Crippen molar-refractivity contribution < 1.29 is 19.4 Å². The van der Waals surface area contributed by atoms with E-state index >= 15 is 0 Å². The molecule has 0 aromatic heterocycles. The van der Waals surface area contributed by atoms with E-state index in [1.54, 1.807) is 6.92 Å². The number of hydrogen-bond donors (Lipinski definition) is 3. The number of benzene rings is 1. The molecule has 21 heavy (non-hydrogen) atoms. The van der Waals surface area contributed by atoms with Crippen LogP contribution in [0.2, 0.25) is 0 Å². The fourth-order valence-electron chi connectivity index (χ4n) is 2.36. The van der Waals surface area contributed by atoms with Crippen LogP contribution in [-0.2, 0) is 9.53 Å². The number of anilines is 1. The Labute approximate surface area is 123 Å². The van der Waals surface area contributed by atoms with Gasteiger partial charge in [0.2, 0.25) is 0 Å². The first-order valence-corrected chi connectivity index (χ1v) is 6.79. The van der Waals surface area contributed by atoms with E-state index < -0.39 is 23.5 Å². The molecule has 2 amide bonds. The number of carboxylic acids is 1. The van der Waals surface area contributed by atoms with E-state index in [1.807, 2.05) is 32.0 Å². The van der Waals surface area contributed by atoms with Crippen LogP contribution in [-0.4, -0.2) is 36.4 Å². The van der Waals surface area contributed by atoms with Crippen LogP contribution in [0.4, 0.5) is 10.5 Å². The van der Waals surface area contributed by atoms with Crippen molar-refractivity contribution in [2.45, 2.75) is 26.8 Å². The van der Waals surface area contributed by atoms with Gasteiger partial charge in [0.15, 0.2) is 0 Å². The Bertz CT molecular complexity index is 573. The molecule has 114 valence electrons. The highest BCUT2D eigenvalue weighted by Crippen LogP contribution is 2.28. The molecule has 1 aliphatic heterocycles. The lowest BCUT2D eigenvalue weighted by Gasteiger charge is -2.25. The number of carbonyl (C=O) groups excluding carboxylic acids is 1. The van der Waals surface area contributed by atoms with E-state index in [2.05, 4.69) is 10.6 Å². The van der Waals surface area contributed by atoms with Gasteiger partial charge in [-0.05, 0) is 32.4 Å². The zero-order valence-electron chi connectivity index (χ0n) is 12.4. The quantitative estimate of drug-likeness (QED) is 0.794. The number of amides is 2. The number of aryl methyl sites for hydroxylation is 2. The first-order valence-electron chi connectivity index (χ1n) is 6.79. The lowest BCUT2D eigenvalue weighted by Crippen LogP contribution is -2.50. The maximum absolute atomic E-state index is 12.0. The van der Waals surface area contributed by atoms with Crippen LogP contribution in [0.15, 0.2) is 18.2 Å². The summed E-state index contributed by atoms with van der Waals surface area (Å²) in [6.45, 7) is 5.75. The van der Waals surface area contributed by atoms with Crippen LogP contribution in [0, 0.1) is 19.3 Å². The summed E-state index contributed by atoms with van der Waals surface area (Å²) in [6.07, 6.45) is 0. The van der Waals surface area contributed by atoms with Crippen LogP contribution < -0.4 is 10.6 Å². The fraction of sp³-hybridized carbons (Fsp3) is 0.467. The molecule has 6 nitrogen and oxygen atoms in total. The first-order chi connectivity index (χ1) is 9.83. The van der Waals surface area contributed by atoms with Crippen molar-refractivity contribution >= 4 is 17.7 Å². The van der Waals surface area contributed by atoms with E-state index in [4.69, 9.17) is 4.74 Å². The fourth-order valence-corrected chi connectivity index (χ4v) is 2.36. The van der Waals surface area contributed by atoms with Gasteiger partial charge < -0.3 is 20.5 Å². The highest BCUT2D eigenvalue weighted by atomic mass is 16.5. The first kappa shape index (κ1) is 15.3. The predicted octanol–water partition coefficient (Wildman–Crippen LogP) is 1.91.